The van der Waals surface area contributed by atoms with Crippen molar-refractivity contribution in [2.45, 2.75) is 39.2 Å². The van der Waals surface area contributed by atoms with Crippen molar-refractivity contribution >= 4 is 5.84 Å². The zero-order valence-electron chi connectivity index (χ0n) is 10.5. The average molecular weight is 215 g/mol. The molecule has 0 aromatic heterocycles. The van der Waals surface area contributed by atoms with Crippen LogP contribution in [0.15, 0.2) is 0 Å². The predicted molar refractivity (Wildman–Crippen MR) is 64.4 cm³/mol. The molecule has 0 heterocycles. The Morgan fingerprint density at radius 2 is 2.00 bits per heavy atom. The summed E-state index contributed by atoms with van der Waals surface area (Å²) in [5.74, 6) is 0.263. The summed E-state index contributed by atoms with van der Waals surface area (Å²) >= 11 is 0. The van der Waals surface area contributed by atoms with Crippen LogP contribution in [0, 0.1) is 5.41 Å². The Balaban J connectivity index is 3.84. The molecule has 4 nitrogen and oxygen atoms in total. The Kier molecular flexibility index (Phi) is 6.52. The van der Waals surface area contributed by atoms with Crippen LogP contribution in [0.4, 0.5) is 0 Å². The van der Waals surface area contributed by atoms with Crippen LogP contribution in [-0.4, -0.2) is 43.1 Å². The molecule has 0 atom stereocenters. The molecule has 3 N–H and O–H groups in total. The number of nitrogens with one attached hydrogen (secondary N) is 1. The molecule has 15 heavy (non-hydrogen) atoms. The van der Waals surface area contributed by atoms with Crippen molar-refractivity contribution in [1.29, 1.82) is 5.41 Å². The molecule has 0 saturated carbocycles. The second kappa shape index (κ2) is 6.80. The smallest absolute Gasteiger partial charge is 0.0918 e. The van der Waals surface area contributed by atoms with E-state index in [-0.39, 0.29) is 11.4 Å². The lowest BCUT2D eigenvalue weighted by Crippen LogP contribution is -2.34. The molecular weight excluding hydrogens is 190 g/mol. The van der Waals surface area contributed by atoms with Crippen LogP contribution in [0.2, 0.25) is 0 Å². The topological polar surface area (TPSA) is 62.3 Å². The summed E-state index contributed by atoms with van der Waals surface area (Å²) in [6, 6.07) is 0. The standard InChI is InChI=1S/C11H25N3O/c1-5-14(8-6-10(12)13)9-7-11(2,3)15-4/h5-9H2,1-4H3,(H3,12,13). The SMILES string of the molecule is CCN(CCC(=N)N)CCC(C)(C)OC. The quantitative estimate of drug-likeness (QED) is 0.476. The maximum Gasteiger partial charge on any atom is 0.0918 e. The van der Waals surface area contributed by atoms with E-state index in [1.807, 2.05) is 0 Å². The third-order valence-electron chi connectivity index (χ3n) is 2.73. The van der Waals surface area contributed by atoms with Crippen LogP contribution >= 0.6 is 0 Å². The van der Waals surface area contributed by atoms with Gasteiger partial charge in [0.05, 0.1) is 11.4 Å². The molecule has 0 saturated heterocycles. The fraction of sp³-hybridized carbons (Fsp3) is 0.909. The minimum Gasteiger partial charge on any atom is -0.388 e. The molecular formula is C11H25N3O. The summed E-state index contributed by atoms with van der Waals surface area (Å²) < 4.78 is 5.36. The molecule has 0 amide bonds. The lowest BCUT2D eigenvalue weighted by atomic mass is 10.1. The van der Waals surface area contributed by atoms with Gasteiger partial charge in [0.15, 0.2) is 0 Å². The van der Waals surface area contributed by atoms with E-state index in [1.54, 1.807) is 7.11 Å². The molecule has 0 rings (SSSR count). The minimum atomic E-state index is -0.0658. The lowest BCUT2D eigenvalue weighted by molar-refractivity contribution is 0.00796. The van der Waals surface area contributed by atoms with Crippen molar-refractivity contribution in [2.24, 2.45) is 5.73 Å². The highest BCUT2D eigenvalue weighted by molar-refractivity contribution is 5.76. The van der Waals surface area contributed by atoms with Crippen LogP contribution in [0.3, 0.4) is 0 Å². The molecule has 0 spiro atoms. The van der Waals surface area contributed by atoms with E-state index >= 15 is 0 Å². The van der Waals surface area contributed by atoms with Crippen molar-refractivity contribution in [2.75, 3.05) is 26.7 Å². The molecule has 0 unspecified atom stereocenters. The van der Waals surface area contributed by atoms with Crippen molar-refractivity contribution in [3.63, 3.8) is 0 Å². The van der Waals surface area contributed by atoms with Gasteiger partial charge in [-0.2, -0.15) is 0 Å². The van der Waals surface area contributed by atoms with Gasteiger partial charge in [0.1, 0.15) is 0 Å². The highest BCUT2D eigenvalue weighted by Gasteiger charge is 2.17. The Labute approximate surface area is 93.3 Å². The number of nitrogens with two attached hydrogens (primary N) is 1. The van der Waals surface area contributed by atoms with Gasteiger partial charge in [-0.05, 0) is 26.8 Å². The van der Waals surface area contributed by atoms with E-state index in [2.05, 4.69) is 25.7 Å². The Morgan fingerprint density at radius 3 is 2.40 bits per heavy atom. The van der Waals surface area contributed by atoms with Crippen LogP contribution < -0.4 is 5.73 Å². The van der Waals surface area contributed by atoms with Crippen LogP contribution in [0.1, 0.15) is 33.6 Å². The van der Waals surface area contributed by atoms with Gasteiger partial charge in [0.2, 0.25) is 0 Å². The molecule has 0 bridgehead atoms. The molecule has 0 aliphatic carbocycles. The first-order valence-electron chi connectivity index (χ1n) is 5.51. The number of nitrogens with zero attached hydrogens (tertiary/aromatic N) is 1. The first kappa shape index (κ1) is 14.4. The van der Waals surface area contributed by atoms with Crippen molar-refractivity contribution in [3.8, 4) is 0 Å². The van der Waals surface area contributed by atoms with E-state index in [4.69, 9.17) is 15.9 Å². The van der Waals surface area contributed by atoms with Crippen molar-refractivity contribution in [1.82, 2.24) is 4.90 Å². The maximum atomic E-state index is 7.18. The summed E-state index contributed by atoms with van der Waals surface area (Å²) in [6.07, 6.45) is 1.65. The fourth-order valence-electron chi connectivity index (χ4n) is 1.24. The van der Waals surface area contributed by atoms with E-state index in [0.717, 1.165) is 26.1 Å². The second-order valence-corrected chi connectivity index (χ2v) is 4.42. The largest absolute Gasteiger partial charge is 0.388 e. The fourth-order valence-corrected chi connectivity index (χ4v) is 1.24. The second-order valence-electron chi connectivity index (χ2n) is 4.42. The average Bonchev–Trinajstić information content (AvgIpc) is 2.18. The highest BCUT2D eigenvalue weighted by atomic mass is 16.5. The van der Waals surface area contributed by atoms with E-state index < -0.39 is 0 Å². The molecule has 0 aromatic rings. The Morgan fingerprint density at radius 1 is 1.40 bits per heavy atom. The number of amidine groups is 1. The van der Waals surface area contributed by atoms with Gasteiger partial charge in [0, 0.05) is 26.6 Å². The summed E-state index contributed by atoms with van der Waals surface area (Å²) in [5.41, 5.74) is 5.27. The molecule has 0 aromatic carbocycles. The van der Waals surface area contributed by atoms with Crippen molar-refractivity contribution < 1.29 is 4.74 Å². The summed E-state index contributed by atoms with van der Waals surface area (Å²) in [7, 11) is 1.74. The van der Waals surface area contributed by atoms with Crippen molar-refractivity contribution in [3.05, 3.63) is 0 Å². The zero-order valence-corrected chi connectivity index (χ0v) is 10.5. The van der Waals surface area contributed by atoms with Gasteiger partial charge in [-0.15, -0.1) is 0 Å². The first-order chi connectivity index (χ1) is 6.91. The molecule has 0 radical (unpaired) electrons. The Hall–Kier alpha value is -0.610. The summed E-state index contributed by atoms with van der Waals surface area (Å²) in [4.78, 5) is 2.29. The highest BCUT2D eigenvalue weighted by Crippen LogP contribution is 2.13. The number of rotatable bonds is 8. The van der Waals surface area contributed by atoms with Gasteiger partial charge in [-0.3, -0.25) is 5.41 Å². The zero-order chi connectivity index (χ0) is 11.9. The predicted octanol–water partition coefficient (Wildman–Crippen LogP) is 1.45. The van der Waals surface area contributed by atoms with Crippen LogP contribution in [-0.2, 0) is 4.74 Å². The third kappa shape index (κ3) is 7.33. The van der Waals surface area contributed by atoms with Crippen LogP contribution in [0.25, 0.3) is 0 Å². The minimum absolute atomic E-state index is 0.0658. The van der Waals surface area contributed by atoms with E-state index in [0.29, 0.717) is 6.42 Å². The summed E-state index contributed by atoms with van der Waals surface area (Å²) in [6.45, 7) is 9.15. The molecule has 0 aliphatic heterocycles. The number of hydrogen-bond donors (Lipinski definition) is 2. The third-order valence-corrected chi connectivity index (χ3v) is 2.73. The van der Waals surface area contributed by atoms with E-state index in [9.17, 15) is 0 Å². The first-order valence-corrected chi connectivity index (χ1v) is 5.51. The maximum absolute atomic E-state index is 7.18. The van der Waals surface area contributed by atoms with Gasteiger partial charge in [-0.25, -0.2) is 0 Å². The van der Waals surface area contributed by atoms with Gasteiger partial charge < -0.3 is 15.4 Å². The molecule has 0 fully saturated rings. The monoisotopic (exact) mass is 215 g/mol. The van der Waals surface area contributed by atoms with Gasteiger partial charge >= 0.3 is 0 Å². The molecule has 90 valence electrons. The normalized spacial score (nSPS) is 12.1. The van der Waals surface area contributed by atoms with Gasteiger partial charge in [-0.1, -0.05) is 6.92 Å². The summed E-state index contributed by atoms with van der Waals surface area (Å²) in [5, 5.41) is 7.18. The van der Waals surface area contributed by atoms with E-state index in [1.165, 1.54) is 0 Å². The van der Waals surface area contributed by atoms with Gasteiger partial charge in [0.25, 0.3) is 0 Å². The Bertz CT molecular complexity index is 192. The molecule has 0 aliphatic rings. The van der Waals surface area contributed by atoms with Crippen LogP contribution in [0.5, 0.6) is 0 Å². The molecule has 4 heteroatoms. The number of ether oxygens (including phenoxy) is 1. The lowest BCUT2D eigenvalue weighted by Gasteiger charge is -2.27. The number of methoxy groups -OCH3 is 1. The number of hydrogen-bond acceptors (Lipinski definition) is 3.